The summed E-state index contributed by atoms with van der Waals surface area (Å²) in [4.78, 5) is 11.5. The molecule has 0 spiro atoms. The Morgan fingerprint density at radius 3 is 2.63 bits per heavy atom. The third-order valence-corrected chi connectivity index (χ3v) is 4.76. The molecule has 1 aromatic carbocycles. The van der Waals surface area contributed by atoms with Crippen molar-refractivity contribution in [3.63, 3.8) is 0 Å². The molecule has 0 saturated heterocycles. The van der Waals surface area contributed by atoms with E-state index in [1.165, 1.54) is 19.3 Å². The van der Waals surface area contributed by atoms with E-state index in [2.05, 4.69) is 21.2 Å². The molecule has 0 bridgehead atoms. The molecule has 1 fully saturated rings. The van der Waals surface area contributed by atoms with Crippen LogP contribution >= 0.6 is 27.5 Å². The van der Waals surface area contributed by atoms with Crippen molar-refractivity contribution < 1.29 is 9.90 Å². The average Bonchev–Trinajstić information content (AvgIpc) is 2.40. The van der Waals surface area contributed by atoms with Crippen molar-refractivity contribution in [2.75, 3.05) is 0 Å². The van der Waals surface area contributed by atoms with Gasteiger partial charge in [-0.3, -0.25) is 10.1 Å². The molecular formula is C14H17BrClNO2. The fourth-order valence-corrected chi connectivity index (χ4v) is 2.94. The van der Waals surface area contributed by atoms with Crippen LogP contribution in [0.5, 0.6) is 0 Å². The zero-order valence-corrected chi connectivity index (χ0v) is 12.9. The van der Waals surface area contributed by atoms with Gasteiger partial charge in [-0.2, -0.15) is 0 Å². The van der Waals surface area contributed by atoms with Crippen LogP contribution in [0.3, 0.4) is 0 Å². The third kappa shape index (κ3) is 3.94. The number of carboxylic acids is 1. The molecule has 1 aliphatic rings. The highest BCUT2D eigenvalue weighted by molar-refractivity contribution is 9.10. The maximum Gasteiger partial charge on any atom is 0.325 e. The molecule has 0 aromatic heterocycles. The maximum absolute atomic E-state index is 11.5. The second kappa shape index (κ2) is 6.73. The van der Waals surface area contributed by atoms with Gasteiger partial charge in [-0.1, -0.05) is 36.9 Å². The van der Waals surface area contributed by atoms with Gasteiger partial charge in [0.15, 0.2) is 0 Å². The van der Waals surface area contributed by atoms with Gasteiger partial charge in [0, 0.05) is 10.5 Å². The lowest BCUT2D eigenvalue weighted by molar-refractivity contribution is -0.140. The van der Waals surface area contributed by atoms with Crippen LogP contribution in [-0.4, -0.2) is 17.1 Å². The van der Waals surface area contributed by atoms with E-state index in [-0.39, 0.29) is 6.04 Å². The molecule has 3 nitrogen and oxygen atoms in total. The monoisotopic (exact) mass is 345 g/mol. The highest BCUT2D eigenvalue weighted by Gasteiger charge is 2.24. The lowest BCUT2D eigenvalue weighted by Gasteiger charge is -2.26. The number of halogens is 2. The Morgan fingerprint density at radius 1 is 1.37 bits per heavy atom. The zero-order valence-electron chi connectivity index (χ0n) is 10.5. The number of rotatable bonds is 4. The molecule has 0 aliphatic heterocycles. The van der Waals surface area contributed by atoms with Gasteiger partial charge in [0.25, 0.3) is 0 Å². The number of hydrogen-bond donors (Lipinski definition) is 2. The number of carboxylic acid groups (broad SMARTS) is 1. The summed E-state index contributed by atoms with van der Waals surface area (Å²) in [6.07, 6.45) is 5.69. The molecule has 104 valence electrons. The molecule has 1 atom stereocenters. The van der Waals surface area contributed by atoms with Gasteiger partial charge >= 0.3 is 5.97 Å². The van der Waals surface area contributed by atoms with Crippen LogP contribution in [0.2, 0.25) is 5.02 Å². The van der Waals surface area contributed by atoms with Crippen molar-refractivity contribution in [3.8, 4) is 0 Å². The van der Waals surface area contributed by atoms with Crippen molar-refractivity contribution in [2.45, 2.75) is 44.2 Å². The van der Waals surface area contributed by atoms with Crippen LogP contribution < -0.4 is 5.32 Å². The smallest absolute Gasteiger partial charge is 0.325 e. The summed E-state index contributed by atoms with van der Waals surface area (Å²) in [6, 6.07) is 4.90. The lowest BCUT2D eigenvalue weighted by Crippen LogP contribution is -2.38. The number of carbonyl (C=O) groups is 1. The first-order chi connectivity index (χ1) is 9.08. The van der Waals surface area contributed by atoms with Gasteiger partial charge in [-0.15, -0.1) is 0 Å². The van der Waals surface area contributed by atoms with Crippen LogP contribution in [0.15, 0.2) is 22.7 Å². The van der Waals surface area contributed by atoms with Crippen LogP contribution in [0.25, 0.3) is 0 Å². The summed E-state index contributed by atoms with van der Waals surface area (Å²) in [6.45, 7) is 0. The highest BCUT2D eigenvalue weighted by atomic mass is 79.9. The van der Waals surface area contributed by atoms with E-state index < -0.39 is 12.0 Å². The summed E-state index contributed by atoms with van der Waals surface area (Å²) < 4.78 is 0.778. The van der Waals surface area contributed by atoms with Crippen molar-refractivity contribution >= 4 is 33.5 Å². The second-order valence-electron chi connectivity index (χ2n) is 4.95. The molecule has 1 unspecified atom stereocenters. The second-order valence-corrected chi connectivity index (χ2v) is 6.21. The Bertz CT molecular complexity index is 461. The zero-order chi connectivity index (χ0) is 13.8. The van der Waals surface area contributed by atoms with Gasteiger partial charge < -0.3 is 5.11 Å². The van der Waals surface area contributed by atoms with Gasteiger partial charge in [-0.05, 0) is 46.5 Å². The van der Waals surface area contributed by atoms with Crippen molar-refractivity contribution in [1.29, 1.82) is 0 Å². The van der Waals surface area contributed by atoms with E-state index >= 15 is 0 Å². The predicted octanol–water partition coefficient (Wildman–Crippen LogP) is 4.15. The number of nitrogens with one attached hydrogen (secondary N) is 1. The summed E-state index contributed by atoms with van der Waals surface area (Å²) >= 11 is 9.35. The first-order valence-electron chi connectivity index (χ1n) is 6.51. The summed E-state index contributed by atoms with van der Waals surface area (Å²) in [5.74, 6) is -0.857. The Morgan fingerprint density at radius 2 is 2.05 bits per heavy atom. The topological polar surface area (TPSA) is 49.3 Å². The minimum Gasteiger partial charge on any atom is -0.480 e. The first-order valence-corrected chi connectivity index (χ1v) is 7.69. The minimum atomic E-state index is -0.857. The quantitative estimate of drug-likeness (QED) is 0.861. The van der Waals surface area contributed by atoms with Gasteiger partial charge in [0.1, 0.15) is 6.04 Å². The van der Waals surface area contributed by atoms with Gasteiger partial charge in [0.05, 0.1) is 5.02 Å². The molecule has 0 radical (unpaired) electrons. The minimum absolute atomic E-state index is 0.289. The summed E-state index contributed by atoms with van der Waals surface area (Å²) in [5, 5.41) is 13.2. The molecule has 2 N–H and O–H groups in total. The fraction of sp³-hybridized carbons (Fsp3) is 0.500. The van der Waals surface area contributed by atoms with Crippen molar-refractivity contribution in [3.05, 3.63) is 33.3 Å². The van der Waals surface area contributed by atoms with Gasteiger partial charge in [0.2, 0.25) is 0 Å². The normalized spacial score (nSPS) is 18.2. The van der Waals surface area contributed by atoms with E-state index in [9.17, 15) is 9.90 Å². The summed E-state index contributed by atoms with van der Waals surface area (Å²) in [5.41, 5.74) is 0.700. The molecule has 5 heteroatoms. The van der Waals surface area contributed by atoms with Crippen molar-refractivity contribution in [2.24, 2.45) is 0 Å². The molecule has 19 heavy (non-hydrogen) atoms. The highest BCUT2D eigenvalue weighted by Crippen LogP contribution is 2.27. The van der Waals surface area contributed by atoms with Crippen LogP contribution in [0.4, 0.5) is 0 Å². The van der Waals surface area contributed by atoms with Crippen LogP contribution in [0, 0.1) is 0 Å². The van der Waals surface area contributed by atoms with E-state index in [0.29, 0.717) is 10.6 Å². The number of benzene rings is 1. The molecule has 1 aromatic rings. The molecule has 1 aliphatic carbocycles. The molecule has 0 heterocycles. The van der Waals surface area contributed by atoms with E-state index in [1.54, 1.807) is 18.2 Å². The van der Waals surface area contributed by atoms with Crippen LogP contribution in [-0.2, 0) is 4.79 Å². The first kappa shape index (κ1) is 14.8. The Hall–Kier alpha value is -0.580. The standard InChI is InChI=1S/C14H17BrClNO2/c15-11-7-6-9(8-12(11)16)13(14(18)19)17-10-4-2-1-3-5-10/h6-8,10,13,17H,1-5H2,(H,18,19). The molecule has 0 amide bonds. The van der Waals surface area contributed by atoms with Crippen LogP contribution in [0.1, 0.15) is 43.7 Å². The Balaban J connectivity index is 2.14. The van der Waals surface area contributed by atoms with E-state index in [0.717, 1.165) is 17.3 Å². The lowest BCUT2D eigenvalue weighted by atomic mass is 9.94. The predicted molar refractivity (Wildman–Crippen MR) is 79.5 cm³/mol. The number of aliphatic carboxylic acids is 1. The largest absolute Gasteiger partial charge is 0.480 e. The fourth-order valence-electron chi connectivity index (χ4n) is 2.51. The van der Waals surface area contributed by atoms with Gasteiger partial charge in [-0.25, -0.2) is 0 Å². The maximum atomic E-state index is 11.5. The van der Waals surface area contributed by atoms with E-state index in [4.69, 9.17) is 11.6 Å². The molecular weight excluding hydrogens is 330 g/mol. The Kier molecular flexibility index (Phi) is 5.25. The Labute approximate surface area is 126 Å². The SMILES string of the molecule is O=C(O)C(NC1CCCCC1)c1ccc(Br)c(Cl)c1. The average molecular weight is 347 g/mol. The molecule has 1 saturated carbocycles. The number of hydrogen-bond acceptors (Lipinski definition) is 2. The third-order valence-electron chi connectivity index (χ3n) is 3.53. The van der Waals surface area contributed by atoms with E-state index in [1.807, 2.05) is 0 Å². The molecule has 2 rings (SSSR count). The van der Waals surface area contributed by atoms with Crippen molar-refractivity contribution in [1.82, 2.24) is 5.32 Å². The summed E-state index contributed by atoms with van der Waals surface area (Å²) in [7, 11) is 0.